The highest BCUT2D eigenvalue weighted by molar-refractivity contribution is 7.16. The molecule has 2 aromatic rings. The topological polar surface area (TPSA) is 86.7 Å². The van der Waals surface area contributed by atoms with Crippen LogP contribution in [-0.4, -0.2) is 30.1 Å². The molecule has 0 radical (unpaired) electrons. The SMILES string of the molecule is CNC(=O)c1ccc(N2N=CC3Cc4nc(NC(C)=O)sc4C32)c(C(F)(F)F)c1. The first-order valence-electron chi connectivity index (χ1n) is 8.73. The summed E-state index contributed by atoms with van der Waals surface area (Å²) in [4.78, 5) is 28.2. The van der Waals surface area contributed by atoms with E-state index in [1.165, 1.54) is 42.4 Å². The first-order chi connectivity index (χ1) is 13.7. The predicted octanol–water partition coefficient (Wildman–Crippen LogP) is 3.20. The van der Waals surface area contributed by atoms with Crippen LogP contribution in [0.15, 0.2) is 23.3 Å². The minimum Gasteiger partial charge on any atom is -0.355 e. The second-order valence-electron chi connectivity index (χ2n) is 6.74. The van der Waals surface area contributed by atoms with Crippen molar-refractivity contribution >= 4 is 40.2 Å². The molecule has 0 fully saturated rings. The molecule has 1 aliphatic carbocycles. The number of alkyl halides is 3. The Hall–Kier alpha value is -2.95. The zero-order valence-corrected chi connectivity index (χ0v) is 16.2. The molecule has 11 heteroatoms. The number of hydrogen-bond acceptors (Lipinski definition) is 6. The van der Waals surface area contributed by atoms with Gasteiger partial charge in [-0.2, -0.15) is 18.3 Å². The van der Waals surface area contributed by atoms with Crippen molar-refractivity contribution in [2.75, 3.05) is 17.4 Å². The summed E-state index contributed by atoms with van der Waals surface area (Å²) in [7, 11) is 1.36. The van der Waals surface area contributed by atoms with E-state index in [9.17, 15) is 22.8 Å². The van der Waals surface area contributed by atoms with Crippen molar-refractivity contribution < 1.29 is 22.8 Å². The maximum atomic E-state index is 13.8. The molecule has 1 aromatic carbocycles. The van der Waals surface area contributed by atoms with Crippen molar-refractivity contribution in [3.63, 3.8) is 0 Å². The standard InChI is InChI=1S/C18H16F3N5O2S/c1-8(27)24-17-25-12-6-10-7-23-26(14(10)15(12)29-17)13-4-3-9(16(28)22-2)5-11(13)18(19,20)21/h3-5,7,10,14H,6H2,1-2H3,(H,22,28)(H,24,25,27). The Bertz CT molecular complexity index is 1030. The van der Waals surface area contributed by atoms with Crippen LogP contribution in [0.25, 0.3) is 0 Å². The van der Waals surface area contributed by atoms with Gasteiger partial charge in [0.05, 0.1) is 27.9 Å². The summed E-state index contributed by atoms with van der Waals surface area (Å²) in [6.45, 7) is 1.36. The number of aromatic nitrogens is 1. The Balaban J connectivity index is 1.75. The molecule has 2 unspecified atom stereocenters. The molecule has 0 bridgehead atoms. The summed E-state index contributed by atoms with van der Waals surface area (Å²) in [5, 5.41) is 10.9. The van der Waals surface area contributed by atoms with E-state index >= 15 is 0 Å². The second kappa shape index (κ2) is 6.83. The van der Waals surface area contributed by atoms with Gasteiger partial charge in [-0.25, -0.2) is 4.98 Å². The molecule has 7 nitrogen and oxygen atoms in total. The summed E-state index contributed by atoms with van der Waals surface area (Å²) >= 11 is 1.24. The zero-order valence-electron chi connectivity index (χ0n) is 15.4. The molecule has 152 valence electrons. The van der Waals surface area contributed by atoms with Gasteiger partial charge in [0, 0.05) is 38.1 Å². The fourth-order valence-electron chi connectivity index (χ4n) is 3.59. The van der Waals surface area contributed by atoms with Gasteiger partial charge in [0.25, 0.3) is 5.91 Å². The Kier molecular flexibility index (Phi) is 4.56. The quantitative estimate of drug-likeness (QED) is 0.794. The van der Waals surface area contributed by atoms with E-state index in [1.54, 1.807) is 6.21 Å². The number of amides is 2. The molecular formula is C18H16F3N5O2S. The molecule has 0 saturated heterocycles. The third-order valence-electron chi connectivity index (χ3n) is 4.80. The number of carbonyl (C=O) groups excluding carboxylic acids is 2. The van der Waals surface area contributed by atoms with Crippen LogP contribution in [0, 0.1) is 5.92 Å². The first kappa shape index (κ1) is 19.4. The average molecular weight is 423 g/mol. The number of thiazole rings is 1. The van der Waals surface area contributed by atoms with E-state index in [-0.39, 0.29) is 23.1 Å². The van der Waals surface area contributed by atoms with Crippen molar-refractivity contribution in [3.8, 4) is 0 Å². The fraction of sp³-hybridized carbons (Fsp3) is 0.333. The predicted molar refractivity (Wildman–Crippen MR) is 102 cm³/mol. The lowest BCUT2D eigenvalue weighted by Crippen LogP contribution is -2.25. The number of anilines is 2. The van der Waals surface area contributed by atoms with Crippen molar-refractivity contribution in [1.82, 2.24) is 10.3 Å². The summed E-state index contributed by atoms with van der Waals surface area (Å²) in [5.74, 6) is -0.970. The van der Waals surface area contributed by atoms with E-state index in [4.69, 9.17) is 0 Å². The van der Waals surface area contributed by atoms with Crippen LogP contribution in [0.1, 0.15) is 39.5 Å². The highest BCUT2D eigenvalue weighted by Crippen LogP contribution is 2.50. The van der Waals surface area contributed by atoms with Crippen molar-refractivity contribution in [1.29, 1.82) is 0 Å². The largest absolute Gasteiger partial charge is 0.418 e. The zero-order chi connectivity index (χ0) is 20.9. The monoisotopic (exact) mass is 423 g/mol. The van der Waals surface area contributed by atoms with Gasteiger partial charge in [-0.3, -0.25) is 14.6 Å². The second-order valence-corrected chi connectivity index (χ2v) is 7.77. The van der Waals surface area contributed by atoms with E-state index in [0.717, 1.165) is 16.6 Å². The number of nitrogens with one attached hydrogen (secondary N) is 2. The lowest BCUT2D eigenvalue weighted by atomic mass is 10.0. The molecule has 0 spiro atoms. The summed E-state index contributed by atoms with van der Waals surface area (Å²) in [6, 6.07) is 3.01. The van der Waals surface area contributed by atoms with Gasteiger partial charge in [0.2, 0.25) is 5.91 Å². The Labute approximate surface area is 167 Å². The van der Waals surface area contributed by atoms with Crippen LogP contribution in [0.2, 0.25) is 0 Å². The lowest BCUT2D eigenvalue weighted by molar-refractivity contribution is -0.137. The summed E-state index contributed by atoms with van der Waals surface area (Å²) in [6.07, 6.45) is -2.50. The lowest BCUT2D eigenvalue weighted by Gasteiger charge is -2.26. The molecule has 2 amide bonds. The minimum absolute atomic E-state index is 0.0823. The molecular weight excluding hydrogens is 407 g/mol. The van der Waals surface area contributed by atoms with Crippen molar-refractivity contribution in [2.24, 2.45) is 11.0 Å². The molecule has 2 heterocycles. The molecule has 2 aliphatic rings. The number of halogens is 3. The average Bonchev–Trinajstić information content (AvgIpc) is 3.30. The van der Waals surface area contributed by atoms with Crippen LogP contribution >= 0.6 is 11.3 Å². The third kappa shape index (κ3) is 3.35. The first-order valence-corrected chi connectivity index (χ1v) is 9.54. The maximum absolute atomic E-state index is 13.8. The molecule has 2 atom stereocenters. The van der Waals surface area contributed by atoms with Crippen LogP contribution in [0.5, 0.6) is 0 Å². The normalized spacial score (nSPS) is 19.8. The third-order valence-corrected chi connectivity index (χ3v) is 5.88. The summed E-state index contributed by atoms with van der Waals surface area (Å²) in [5.41, 5.74) is -0.394. The van der Waals surface area contributed by atoms with E-state index in [1.807, 2.05) is 0 Å². The maximum Gasteiger partial charge on any atom is 0.418 e. The van der Waals surface area contributed by atoms with Gasteiger partial charge in [-0.1, -0.05) is 11.3 Å². The number of carbonyl (C=O) groups is 2. The van der Waals surface area contributed by atoms with Gasteiger partial charge in [-0.05, 0) is 18.2 Å². The van der Waals surface area contributed by atoms with Crippen LogP contribution in [-0.2, 0) is 17.4 Å². The number of fused-ring (bicyclic) bond motifs is 3. The van der Waals surface area contributed by atoms with Gasteiger partial charge >= 0.3 is 6.18 Å². The van der Waals surface area contributed by atoms with Crippen molar-refractivity contribution in [3.05, 3.63) is 39.9 Å². The summed E-state index contributed by atoms with van der Waals surface area (Å²) < 4.78 is 41.3. The highest BCUT2D eigenvalue weighted by Gasteiger charge is 2.45. The number of rotatable bonds is 3. The number of hydrazone groups is 1. The highest BCUT2D eigenvalue weighted by atomic mass is 32.1. The molecule has 0 saturated carbocycles. The van der Waals surface area contributed by atoms with Crippen LogP contribution in [0.3, 0.4) is 0 Å². The van der Waals surface area contributed by atoms with E-state index < -0.39 is 23.7 Å². The van der Waals surface area contributed by atoms with Gasteiger partial charge < -0.3 is 10.6 Å². The van der Waals surface area contributed by atoms with Gasteiger partial charge in [0.15, 0.2) is 5.13 Å². The number of benzene rings is 1. The number of nitrogens with zero attached hydrogens (tertiary/aromatic N) is 3. The molecule has 4 rings (SSSR count). The Morgan fingerprint density at radius 3 is 2.72 bits per heavy atom. The van der Waals surface area contributed by atoms with E-state index in [0.29, 0.717) is 11.6 Å². The van der Waals surface area contributed by atoms with Gasteiger partial charge in [-0.15, -0.1) is 0 Å². The van der Waals surface area contributed by atoms with Crippen molar-refractivity contribution in [2.45, 2.75) is 25.6 Å². The molecule has 29 heavy (non-hydrogen) atoms. The molecule has 1 aromatic heterocycles. The molecule has 2 N–H and O–H groups in total. The fourth-order valence-corrected chi connectivity index (χ4v) is 4.79. The van der Waals surface area contributed by atoms with Crippen LogP contribution < -0.4 is 15.6 Å². The number of hydrogen-bond donors (Lipinski definition) is 2. The van der Waals surface area contributed by atoms with Crippen LogP contribution in [0.4, 0.5) is 24.0 Å². The Morgan fingerprint density at radius 1 is 1.31 bits per heavy atom. The van der Waals surface area contributed by atoms with E-state index in [2.05, 4.69) is 20.7 Å². The minimum atomic E-state index is -4.66. The van der Waals surface area contributed by atoms with Gasteiger partial charge in [0.1, 0.15) is 0 Å². The molecule has 1 aliphatic heterocycles. The Morgan fingerprint density at radius 2 is 2.07 bits per heavy atom. The smallest absolute Gasteiger partial charge is 0.355 e.